The number of aromatic nitrogens is 2. The van der Waals surface area contributed by atoms with E-state index in [4.69, 9.17) is 16.3 Å². The van der Waals surface area contributed by atoms with E-state index in [1.807, 2.05) is 4.90 Å². The predicted molar refractivity (Wildman–Crippen MR) is 97.5 cm³/mol. The van der Waals surface area contributed by atoms with Crippen molar-refractivity contribution in [2.75, 3.05) is 25.1 Å². The molecule has 1 amide bonds. The Balaban J connectivity index is 1.25. The van der Waals surface area contributed by atoms with Crippen molar-refractivity contribution >= 4 is 23.5 Å². The number of amides is 1. The number of benzene rings is 1. The summed E-state index contributed by atoms with van der Waals surface area (Å²) in [4.78, 5) is 23.0. The third-order valence-corrected chi connectivity index (χ3v) is 5.98. The summed E-state index contributed by atoms with van der Waals surface area (Å²) < 4.78 is 19.3. The summed E-state index contributed by atoms with van der Waals surface area (Å²) in [6, 6.07) is 3.15. The van der Waals surface area contributed by atoms with Crippen LogP contribution in [0.25, 0.3) is 0 Å². The Hall–Kier alpha value is -2.25. The first kappa shape index (κ1) is 16.9. The maximum absolute atomic E-state index is 14.0. The zero-order valence-corrected chi connectivity index (χ0v) is 15.3. The highest BCUT2D eigenvalue weighted by molar-refractivity contribution is 6.30. The number of hydrogen-bond donors (Lipinski definition) is 1. The van der Waals surface area contributed by atoms with E-state index < -0.39 is 0 Å². The first-order valence-corrected chi connectivity index (χ1v) is 9.37. The summed E-state index contributed by atoms with van der Waals surface area (Å²) in [7, 11) is 0. The second kappa shape index (κ2) is 6.14. The van der Waals surface area contributed by atoms with E-state index in [-0.39, 0.29) is 23.3 Å². The number of ether oxygens (including phenoxy) is 1. The Bertz CT molecular complexity index is 911. The average Bonchev–Trinajstić information content (AvgIpc) is 2.96. The predicted octanol–water partition coefficient (Wildman–Crippen LogP) is 2.46. The van der Waals surface area contributed by atoms with Crippen molar-refractivity contribution in [3.05, 3.63) is 52.1 Å². The average molecular weight is 389 g/mol. The summed E-state index contributed by atoms with van der Waals surface area (Å²) in [5.41, 5.74) is 1.97. The fourth-order valence-electron chi connectivity index (χ4n) is 4.10. The van der Waals surface area contributed by atoms with Gasteiger partial charge in [0.15, 0.2) is 0 Å². The number of rotatable bonds is 3. The fraction of sp³-hybridized carbons (Fsp3) is 0.421. The van der Waals surface area contributed by atoms with E-state index in [9.17, 15) is 9.18 Å². The Kier molecular flexibility index (Phi) is 3.84. The van der Waals surface area contributed by atoms with Gasteiger partial charge in [-0.25, -0.2) is 14.4 Å². The lowest BCUT2D eigenvalue weighted by atomic mass is 9.82. The third-order valence-electron chi connectivity index (χ3n) is 5.76. The number of hydrogen-bond acceptors (Lipinski definition) is 5. The van der Waals surface area contributed by atoms with Gasteiger partial charge in [-0.15, -0.1) is 0 Å². The standard InChI is InChI=1S/C19H18ClFN4O2/c20-13-3-11-4-14(6-15(11)16(21)5-13)24-18-22-7-12(8-23-18)17(26)25-2-1-19(25)9-27-10-19/h3,5,7-8,14H,1-2,4,6,9-10H2,(H,22,23,24). The molecule has 1 aromatic heterocycles. The highest BCUT2D eigenvalue weighted by Gasteiger charge is 2.53. The van der Waals surface area contributed by atoms with Crippen LogP contribution in [0.15, 0.2) is 24.5 Å². The van der Waals surface area contributed by atoms with Crippen LogP contribution in [0.5, 0.6) is 0 Å². The molecular weight excluding hydrogens is 371 g/mol. The summed E-state index contributed by atoms with van der Waals surface area (Å²) in [5.74, 6) is 0.106. The molecule has 2 saturated heterocycles. The molecular formula is C19H18ClFN4O2. The van der Waals surface area contributed by atoms with Gasteiger partial charge in [0.1, 0.15) is 5.82 Å². The van der Waals surface area contributed by atoms with Crippen LogP contribution in [0.2, 0.25) is 5.02 Å². The maximum atomic E-state index is 14.0. The molecule has 6 nitrogen and oxygen atoms in total. The lowest BCUT2D eigenvalue weighted by molar-refractivity contribution is -0.172. The summed E-state index contributed by atoms with van der Waals surface area (Å²) in [5, 5.41) is 3.63. The summed E-state index contributed by atoms with van der Waals surface area (Å²) in [6.07, 6.45) is 5.29. The lowest BCUT2D eigenvalue weighted by Crippen LogP contribution is -2.72. The first-order valence-electron chi connectivity index (χ1n) is 8.99. The largest absolute Gasteiger partial charge is 0.376 e. The number of fused-ring (bicyclic) bond motifs is 1. The molecule has 3 heterocycles. The van der Waals surface area contributed by atoms with Crippen molar-refractivity contribution in [2.24, 2.45) is 0 Å². The van der Waals surface area contributed by atoms with Gasteiger partial charge in [-0.2, -0.15) is 0 Å². The van der Waals surface area contributed by atoms with E-state index in [1.165, 1.54) is 6.07 Å². The smallest absolute Gasteiger partial charge is 0.257 e. The minimum absolute atomic E-state index is 0.000273. The van der Waals surface area contributed by atoms with Crippen molar-refractivity contribution < 1.29 is 13.9 Å². The second-order valence-corrected chi connectivity index (χ2v) is 7.93. The second-order valence-electron chi connectivity index (χ2n) is 7.49. The molecule has 0 bridgehead atoms. The molecule has 140 valence electrons. The van der Waals surface area contributed by atoms with Gasteiger partial charge >= 0.3 is 0 Å². The zero-order chi connectivity index (χ0) is 18.6. The van der Waals surface area contributed by atoms with Crippen molar-refractivity contribution in [2.45, 2.75) is 30.8 Å². The van der Waals surface area contributed by atoms with Gasteiger partial charge in [0.2, 0.25) is 5.95 Å². The lowest BCUT2D eigenvalue weighted by Gasteiger charge is -2.57. The highest BCUT2D eigenvalue weighted by atomic mass is 35.5. The van der Waals surface area contributed by atoms with Crippen LogP contribution in [0.1, 0.15) is 27.9 Å². The zero-order valence-electron chi connectivity index (χ0n) is 14.5. The molecule has 1 aromatic carbocycles. The van der Waals surface area contributed by atoms with Crippen LogP contribution in [0, 0.1) is 5.82 Å². The normalized spacial score (nSPS) is 22.1. The minimum Gasteiger partial charge on any atom is -0.376 e. The molecule has 0 saturated carbocycles. The van der Waals surface area contributed by atoms with Crippen molar-refractivity contribution in [3.63, 3.8) is 0 Å². The molecule has 2 aliphatic heterocycles. The molecule has 1 atom stereocenters. The van der Waals surface area contributed by atoms with E-state index >= 15 is 0 Å². The van der Waals surface area contributed by atoms with Gasteiger partial charge < -0.3 is 15.0 Å². The Morgan fingerprint density at radius 3 is 2.70 bits per heavy atom. The van der Waals surface area contributed by atoms with Crippen LogP contribution in [0.4, 0.5) is 10.3 Å². The minimum atomic E-state index is -0.271. The Morgan fingerprint density at radius 2 is 2.07 bits per heavy atom. The maximum Gasteiger partial charge on any atom is 0.257 e. The van der Waals surface area contributed by atoms with Crippen molar-refractivity contribution in [1.82, 2.24) is 14.9 Å². The van der Waals surface area contributed by atoms with Crippen LogP contribution in [-0.4, -0.2) is 52.1 Å². The molecule has 1 spiro atoms. The van der Waals surface area contributed by atoms with E-state index in [1.54, 1.807) is 18.5 Å². The molecule has 1 unspecified atom stereocenters. The van der Waals surface area contributed by atoms with Gasteiger partial charge in [-0.05, 0) is 42.5 Å². The Morgan fingerprint density at radius 1 is 1.30 bits per heavy atom. The number of carbonyl (C=O) groups is 1. The van der Waals surface area contributed by atoms with E-state index in [0.717, 1.165) is 18.5 Å². The van der Waals surface area contributed by atoms with Crippen LogP contribution in [0.3, 0.4) is 0 Å². The number of likely N-dealkylation sites (tertiary alicyclic amines) is 1. The number of nitrogens with zero attached hydrogens (tertiary/aromatic N) is 3. The monoisotopic (exact) mass is 388 g/mol. The number of anilines is 1. The molecule has 27 heavy (non-hydrogen) atoms. The molecule has 2 fully saturated rings. The first-order chi connectivity index (χ1) is 13.0. The van der Waals surface area contributed by atoms with Gasteiger partial charge in [-0.1, -0.05) is 11.6 Å². The van der Waals surface area contributed by atoms with Gasteiger partial charge in [0.25, 0.3) is 5.91 Å². The van der Waals surface area contributed by atoms with E-state index in [0.29, 0.717) is 48.2 Å². The van der Waals surface area contributed by atoms with Gasteiger partial charge in [0, 0.05) is 30.0 Å². The number of nitrogens with one attached hydrogen (secondary N) is 1. The van der Waals surface area contributed by atoms with Crippen LogP contribution >= 0.6 is 11.6 Å². The molecule has 3 aliphatic rings. The number of carbonyl (C=O) groups excluding carboxylic acids is 1. The van der Waals surface area contributed by atoms with Crippen molar-refractivity contribution in [3.8, 4) is 0 Å². The molecule has 0 radical (unpaired) electrons. The van der Waals surface area contributed by atoms with Gasteiger partial charge in [0.05, 0.1) is 24.3 Å². The van der Waals surface area contributed by atoms with Gasteiger partial charge in [-0.3, -0.25) is 4.79 Å². The third kappa shape index (κ3) is 2.76. The SMILES string of the molecule is O=C(c1cnc(NC2Cc3cc(Cl)cc(F)c3C2)nc1)N1CCC12COC2. The molecule has 1 aliphatic carbocycles. The summed E-state index contributed by atoms with van der Waals surface area (Å²) in [6.45, 7) is 1.97. The highest BCUT2D eigenvalue weighted by Crippen LogP contribution is 2.38. The molecule has 8 heteroatoms. The molecule has 2 aromatic rings. The quantitative estimate of drug-likeness (QED) is 0.874. The molecule has 5 rings (SSSR count). The fourth-order valence-corrected chi connectivity index (χ4v) is 4.33. The number of halogens is 2. The van der Waals surface area contributed by atoms with E-state index in [2.05, 4.69) is 15.3 Å². The summed E-state index contributed by atoms with van der Waals surface area (Å²) >= 11 is 5.93. The Labute approximate surface area is 160 Å². The van der Waals surface area contributed by atoms with Crippen LogP contribution in [-0.2, 0) is 17.6 Å². The van der Waals surface area contributed by atoms with Crippen LogP contribution < -0.4 is 5.32 Å². The topological polar surface area (TPSA) is 67.4 Å². The molecule has 1 N–H and O–H groups in total. The van der Waals surface area contributed by atoms with Crippen molar-refractivity contribution in [1.29, 1.82) is 0 Å².